The third-order valence-electron chi connectivity index (χ3n) is 5.26. The fraction of sp³-hybridized carbons (Fsp3) is 0.318. The molecule has 30 heavy (non-hydrogen) atoms. The summed E-state index contributed by atoms with van der Waals surface area (Å²) in [5.41, 5.74) is 0.119. The Morgan fingerprint density at radius 2 is 1.77 bits per heavy atom. The van der Waals surface area contributed by atoms with Crippen LogP contribution in [-0.4, -0.2) is 43.0 Å². The van der Waals surface area contributed by atoms with E-state index in [1.54, 1.807) is 25.1 Å². The number of methoxy groups -OCH3 is 2. The van der Waals surface area contributed by atoms with E-state index in [0.29, 0.717) is 23.6 Å². The van der Waals surface area contributed by atoms with Crippen molar-refractivity contribution in [2.45, 2.75) is 32.0 Å². The molecule has 0 aromatic heterocycles. The molecule has 0 aliphatic carbocycles. The van der Waals surface area contributed by atoms with Gasteiger partial charge in [-0.15, -0.1) is 0 Å². The average molecular weight is 411 g/mol. The number of hydrogen-bond donors (Lipinski definition) is 2. The minimum absolute atomic E-state index is 0.306. The SMILES string of the molecule is COc1ccc([C@]2(C)NC(=O)N([C@H](C)C(=O)NCc3ccccc3)C2=O)cc1OC. The summed E-state index contributed by atoms with van der Waals surface area (Å²) in [6, 6.07) is 12.8. The van der Waals surface area contributed by atoms with Crippen molar-refractivity contribution in [3.05, 3.63) is 59.7 Å². The first-order valence-electron chi connectivity index (χ1n) is 9.51. The fourth-order valence-corrected chi connectivity index (χ4v) is 3.41. The Labute approximate surface area is 175 Å². The van der Waals surface area contributed by atoms with Crippen molar-refractivity contribution in [3.63, 3.8) is 0 Å². The Hall–Kier alpha value is -3.55. The first kappa shape index (κ1) is 21.2. The van der Waals surface area contributed by atoms with Crippen LogP contribution in [0.2, 0.25) is 0 Å². The Morgan fingerprint density at radius 3 is 2.40 bits per heavy atom. The molecule has 2 aromatic carbocycles. The van der Waals surface area contributed by atoms with Gasteiger partial charge < -0.3 is 20.1 Å². The summed E-state index contributed by atoms with van der Waals surface area (Å²) >= 11 is 0. The van der Waals surface area contributed by atoms with E-state index in [9.17, 15) is 14.4 Å². The van der Waals surface area contributed by atoms with Crippen LogP contribution in [0.15, 0.2) is 48.5 Å². The van der Waals surface area contributed by atoms with Crippen LogP contribution < -0.4 is 20.1 Å². The number of carbonyl (C=O) groups is 3. The van der Waals surface area contributed by atoms with Crippen molar-refractivity contribution in [3.8, 4) is 11.5 Å². The molecule has 8 heteroatoms. The molecular formula is C22H25N3O5. The van der Waals surface area contributed by atoms with Gasteiger partial charge in [-0.1, -0.05) is 36.4 Å². The predicted molar refractivity (Wildman–Crippen MR) is 110 cm³/mol. The molecule has 0 bridgehead atoms. The van der Waals surface area contributed by atoms with Gasteiger partial charge in [0.05, 0.1) is 14.2 Å². The highest BCUT2D eigenvalue weighted by molar-refractivity contribution is 6.10. The number of ether oxygens (including phenoxy) is 2. The van der Waals surface area contributed by atoms with Crippen LogP contribution in [0.1, 0.15) is 25.0 Å². The van der Waals surface area contributed by atoms with E-state index in [1.165, 1.54) is 21.1 Å². The number of benzene rings is 2. The molecule has 0 spiro atoms. The zero-order valence-corrected chi connectivity index (χ0v) is 17.4. The third kappa shape index (κ3) is 3.80. The lowest BCUT2D eigenvalue weighted by Crippen LogP contribution is -2.49. The smallest absolute Gasteiger partial charge is 0.326 e. The second-order valence-electron chi connectivity index (χ2n) is 7.18. The molecule has 1 fully saturated rings. The maximum absolute atomic E-state index is 13.2. The number of carbonyl (C=O) groups excluding carboxylic acids is 3. The number of imide groups is 1. The number of urea groups is 1. The van der Waals surface area contributed by atoms with Crippen LogP contribution in [0.3, 0.4) is 0 Å². The first-order valence-corrected chi connectivity index (χ1v) is 9.51. The minimum atomic E-state index is -1.33. The summed E-state index contributed by atoms with van der Waals surface area (Å²) in [7, 11) is 3.00. The lowest BCUT2D eigenvalue weighted by molar-refractivity contribution is -0.137. The van der Waals surface area contributed by atoms with Gasteiger partial charge in [-0.3, -0.25) is 9.59 Å². The molecule has 1 aliphatic heterocycles. The molecule has 1 saturated heterocycles. The largest absolute Gasteiger partial charge is 0.493 e. The van der Waals surface area contributed by atoms with E-state index in [0.717, 1.165) is 10.5 Å². The van der Waals surface area contributed by atoms with E-state index in [1.807, 2.05) is 30.3 Å². The van der Waals surface area contributed by atoms with Crippen LogP contribution in [0.25, 0.3) is 0 Å². The zero-order chi connectivity index (χ0) is 21.9. The average Bonchev–Trinajstić information content (AvgIpc) is 3.00. The van der Waals surface area contributed by atoms with Crippen molar-refractivity contribution in [2.75, 3.05) is 14.2 Å². The van der Waals surface area contributed by atoms with Crippen LogP contribution in [0, 0.1) is 0 Å². The first-order chi connectivity index (χ1) is 14.3. The van der Waals surface area contributed by atoms with E-state index in [2.05, 4.69) is 10.6 Å². The maximum atomic E-state index is 13.2. The highest BCUT2D eigenvalue weighted by atomic mass is 16.5. The van der Waals surface area contributed by atoms with Gasteiger partial charge in [0.25, 0.3) is 5.91 Å². The van der Waals surface area contributed by atoms with Gasteiger partial charge >= 0.3 is 6.03 Å². The highest BCUT2D eigenvalue weighted by Gasteiger charge is 2.52. The molecule has 0 unspecified atom stereocenters. The summed E-state index contributed by atoms with van der Waals surface area (Å²) in [4.78, 5) is 39.4. The zero-order valence-electron chi connectivity index (χ0n) is 17.4. The van der Waals surface area contributed by atoms with Crippen molar-refractivity contribution in [2.24, 2.45) is 0 Å². The van der Waals surface area contributed by atoms with E-state index in [-0.39, 0.29) is 0 Å². The lowest BCUT2D eigenvalue weighted by Gasteiger charge is -2.25. The Morgan fingerprint density at radius 1 is 1.10 bits per heavy atom. The number of nitrogens with one attached hydrogen (secondary N) is 2. The second-order valence-corrected chi connectivity index (χ2v) is 7.18. The summed E-state index contributed by atoms with van der Waals surface area (Å²) in [5.74, 6) is 0.0125. The van der Waals surface area contributed by atoms with Crippen LogP contribution >= 0.6 is 0 Å². The predicted octanol–water partition coefficient (Wildman–Crippen LogP) is 2.18. The summed E-state index contributed by atoms with van der Waals surface area (Å²) in [5, 5.41) is 5.47. The van der Waals surface area contributed by atoms with Crippen LogP contribution in [0.5, 0.6) is 11.5 Å². The molecule has 4 amide bonds. The monoisotopic (exact) mass is 411 g/mol. The number of amides is 4. The lowest BCUT2D eigenvalue weighted by atomic mass is 9.91. The van der Waals surface area contributed by atoms with Gasteiger partial charge in [0.15, 0.2) is 11.5 Å². The molecule has 158 valence electrons. The molecule has 2 atom stereocenters. The Bertz CT molecular complexity index is 963. The van der Waals surface area contributed by atoms with E-state index in [4.69, 9.17) is 9.47 Å². The van der Waals surface area contributed by atoms with Crippen molar-refractivity contribution in [1.29, 1.82) is 0 Å². The van der Waals surface area contributed by atoms with Crippen LogP contribution in [0.4, 0.5) is 4.79 Å². The number of nitrogens with zero attached hydrogens (tertiary/aromatic N) is 1. The molecule has 1 heterocycles. The normalized spacial score (nSPS) is 19.3. The molecule has 0 radical (unpaired) electrons. The molecule has 8 nitrogen and oxygen atoms in total. The maximum Gasteiger partial charge on any atom is 0.326 e. The van der Waals surface area contributed by atoms with E-state index >= 15 is 0 Å². The van der Waals surface area contributed by atoms with Crippen LogP contribution in [-0.2, 0) is 21.7 Å². The molecule has 1 aliphatic rings. The fourth-order valence-electron chi connectivity index (χ4n) is 3.41. The Kier molecular flexibility index (Phi) is 5.96. The molecule has 0 saturated carbocycles. The summed E-state index contributed by atoms with van der Waals surface area (Å²) < 4.78 is 10.5. The number of hydrogen-bond acceptors (Lipinski definition) is 5. The van der Waals surface area contributed by atoms with E-state index < -0.39 is 29.4 Å². The summed E-state index contributed by atoms with van der Waals surface area (Å²) in [6.07, 6.45) is 0. The Balaban J connectivity index is 1.78. The van der Waals surface area contributed by atoms with Crippen molar-refractivity contribution in [1.82, 2.24) is 15.5 Å². The van der Waals surface area contributed by atoms with Crippen molar-refractivity contribution < 1.29 is 23.9 Å². The molecule has 3 rings (SSSR count). The highest BCUT2D eigenvalue weighted by Crippen LogP contribution is 2.35. The second kappa shape index (κ2) is 8.44. The standard InChI is InChI=1S/C22H25N3O5/c1-14(19(26)23-13-15-8-6-5-7-9-15)25-20(27)22(2,24-21(25)28)16-10-11-17(29-3)18(12-16)30-4/h5-12,14H,13H2,1-4H3,(H,23,26)(H,24,28)/t14-,22+/m1/s1. The minimum Gasteiger partial charge on any atom is -0.493 e. The third-order valence-corrected chi connectivity index (χ3v) is 5.26. The van der Waals surface area contributed by atoms with Gasteiger partial charge in [0.1, 0.15) is 11.6 Å². The molecule has 2 aromatic rings. The summed E-state index contributed by atoms with van der Waals surface area (Å²) in [6.45, 7) is 3.43. The van der Waals surface area contributed by atoms with Gasteiger partial charge in [-0.25, -0.2) is 9.69 Å². The number of rotatable bonds is 7. The van der Waals surface area contributed by atoms with Gasteiger partial charge in [-0.05, 0) is 37.1 Å². The molecule has 2 N–H and O–H groups in total. The molecular weight excluding hydrogens is 386 g/mol. The quantitative estimate of drug-likeness (QED) is 0.681. The topological polar surface area (TPSA) is 97.0 Å². The van der Waals surface area contributed by atoms with Gasteiger partial charge in [0.2, 0.25) is 5.91 Å². The van der Waals surface area contributed by atoms with Crippen molar-refractivity contribution >= 4 is 17.8 Å². The van der Waals surface area contributed by atoms with Gasteiger partial charge in [-0.2, -0.15) is 0 Å². The van der Waals surface area contributed by atoms with Gasteiger partial charge in [0, 0.05) is 6.54 Å².